The van der Waals surface area contributed by atoms with Crippen LogP contribution < -0.4 is 10.2 Å². The molecule has 0 aliphatic heterocycles. The zero-order valence-electron chi connectivity index (χ0n) is 13.7. The third-order valence-corrected chi connectivity index (χ3v) is 3.93. The van der Waals surface area contributed by atoms with Crippen LogP contribution in [-0.4, -0.2) is 37.8 Å². The van der Waals surface area contributed by atoms with Gasteiger partial charge in [0.15, 0.2) is 0 Å². The number of pyridine rings is 1. The van der Waals surface area contributed by atoms with Gasteiger partial charge in [-0.15, -0.1) is 0 Å². The van der Waals surface area contributed by atoms with Crippen LogP contribution in [-0.2, 0) is 11.3 Å². The Morgan fingerprint density at radius 3 is 2.57 bits per heavy atom. The van der Waals surface area contributed by atoms with Crippen molar-refractivity contribution in [1.29, 1.82) is 0 Å². The minimum Gasteiger partial charge on any atom is -0.383 e. The predicted molar refractivity (Wildman–Crippen MR) is 90.2 cm³/mol. The molecule has 120 valence electrons. The van der Waals surface area contributed by atoms with E-state index in [0.717, 1.165) is 43.9 Å². The molecule has 1 aromatic heterocycles. The summed E-state index contributed by atoms with van der Waals surface area (Å²) in [5.41, 5.74) is 1.11. The summed E-state index contributed by atoms with van der Waals surface area (Å²) in [5, 5.41) is 4.00. The van der Waals surface area contributed by atoms with Crippen LogP contribution in [0.1, 0.15) is 39.2 Å². The molecule has 0 unspecified atom stereocenters. The number of aromatic nitrogens is 1. The van der Waals surface area contributed by atoms with E-state index in [4.69, 9.17) is 16.3 Å². The molecule has 1 heterocycles. The Hall–Kier alpha value is -0.840. The van der Waals surface area contributed by atoms with Crippen molar-refractivity contribution in [3.8, 4) is 0 Å². The van der Waals surface area contributed by atoms with Crippen LogP contribution in [0.2, 0.25) is 5.02 Å². The van der Waals surface area contributed by atoms with Gasteiger partial charge < -0.3 is 15.0 Å². The highest BCUT2D eigenvalue weighted by Gasteiger charge is 2.19. The number of anilines is 1. The Labute approximate surface area is 133 Å². The molecule has 21 heavy (non-hydrogen) atoms. The molecule has 0 saturated heterocycles. The first-order valence-electron chi connectivity index (χ1n) is 7.78. The summed E-state index contributed by atoms with van der Waals surface area (Å²) in [6, 6.07) is 2.44. The van der Waals surface area contributed by atoms with Gasteiger partial charge in [0.2, 0.25) is 0 Å². The molecule has 0 radical (unpaired) electrons. The van der Waals surface area contributed by atoms with Gasteiger partial charge in [-0.3, -0.25) is 0 Å². The van der Waals surface area contributed by atoms with Crippen LogP contribution in [0.5, 0.6) is 0 Å². The zero-order valence-corrected chi connectivity index (χ0v) is 14.4. The second-order valence-electron chi connectivity index (χ2n) is 5.09. The minimum atomic E-state index is 0.435. The third-order valence-electron chi connectivity index (χ3n) is 3.65. The van der Waals surface area contributed by atoms with Crippen LogP contribution in [0.15, 0.2) is 12.3 Å². The van der Waals surface area contributed by atoms with Crippen LogP contribution in [0, 0.1) is 0 Å². The third kappa shape index (κ3) is 5.46. The van der Waals surface area contributed by atoms with Crippen LogP contribution in [0.25, 0.3) is 0 Å². The number of hydrogen-bond donors (Lipinski definition) is 1. The van der Waals surface area contributed by atoms with E-state index >= 15 is 0 Å². The lowest BCUT2D eigenvalue weighted by Crippen LogP contribution is -2.38. The first kappa shape index (κ1) is 18.2. The Kier molecular flexibility index (Phi) is 8.66. The van der Waals surface area contributed by atoms with Gasteiger partial charge in [0.05, 0.1) is 11.6 Å². The van der Waals surface area contributed by atoms with Gasteiger partial charge >= 0.3 is 0 Å². The van der Waals surface area contributed by atoms with Gasteiger partial charge in [-0.2, -0.15) is 0 Å². The Balaban J connectivity index is 2.95. The van der Waals surface area contributed by atoms with E-state index in [0.29, 0.717) is 17.7 Å². The first-order chi connectivity index (χ1) is 10.2. The summed E-state index contributed by atoms with van der Waals surface area (Å²) >= 11 is 6.47. The average Bonchev–Trinajstić information content (AvgIpc) is 2.50. The van der Waals surface area contributed by atoms with E-state index in [1.165, 1.54) is 0 Å². The standard InChI is InChI=1S/C16H28ClN3O/c1-5-14(6-2)20(8-9-21-4)16-15(17)10-13(12-19-16)11-18-7-3/h10,12,14,18H,5-9,11H2,1-4H3. The maximum atomic E-state index is 6.47. The molecular weight excluding hydrogens is 286 g/mol. The molecule has 0 aromatic carbocycles. The number of ether oxygens (including phenoxy) is 1. The highest BCUT2D eigenvalue weighted by atomic mass is 35.5. The summed E-state index contributed by atoms with van der Waals surface area (Å²) in [7, 11) is 1.72. The van der Waals surface area contributed by atoms with E-state index in [-0.39, 0.29) is 0 Å². The molecule has 0 atom stereocenters. The number of hydrogen-bond acceptors (Lipinski definition) is 4. The second kappa shape index (κ2) is 9.98. The molecule has 0 aliphatic rings. The molecule has 1 N–H and O–H groups in total. The monoisotopic (exact) mass is 313 g/mol. The summed E-state index contributed by atoms with van der Waals surface area (Å²) in [6.45, 7) is 9.70. The maximum Gasteiger partial charge on any atom is 0.147 e. The number of nitrogens with one attached hydrogen (secondary N) is 1. The van der Waals surface area contributed by atoms with Crippen molar-refractivity contribution < 1.29 is 4.74 Å². The summed E-state index contributed by atoms with van der Waals surface area (Å²) < 4.78 is 5.23. The van der Waals surface area contributed by atoms with E-state index in [2.05, 4.69) is 36.0 Å². The lowest BCUT2D eigenvalue weighted by molar-refractivity contribution is 0.202. The molecule has 0 spiro atoms. The van der Waals surface area contributed by atoms with Crippen molar-refractivity contribution in [1.82, 2.24) is 10.3 Å². The van der Waals surface area contributed by atoms with Gasteiger partial charge in [-0.1, -0.05) is 32.4 Å². The Morgan fingerprint density at radius 2 is 2.05 bits per heavy atom. The van der Waals surface area contributed by atoms with Crippen LogP contribution >= 0.6 is 11.6 Å². The highest BCUT2D eigenvalue weighted by molar-refractivity contribution is 6.33. The lowest BCUT2D eigenvalue weighted by Gasteiger charge is -2.32. The fourth-order valence-electron chi connectivity index (χ4n) is 2.43. The lowest BCUT2D eigenvalue weighted by atomic mass is 10.1. The molecule has 1 rings (SSSR count). The van der Waals surface area contributed by atoms with E-state index in [9.17, 15) is 0 Å². The van der Waals surface area contributed by atoms with Gasteiger partial charge in [0, 0.05) is 32.4 Å². The molecule has 4 nitrogen and oxygen atoms in total. The Bertz CT molecular complexity index is 411. The van der Waals surface area contributed by atoms with Crippen molar-refractivity contribution in [3.05, 3.63) is 22.8 Å². The quantitative estimate of drug-likeness (QED) is 0.717. The molecule has 0 aliphatic carbocycles. The maximum absolute atomic E-state index is 6.47. The summed E-state index contributed by atoms with van der Waals surface area (Å²) in [6.07, 6.45) is 4.04. The van der Waals surface area contributed by atoms with Gasteiger partial charge in [0.1, 0.15) is 5.82 Å². The fourth-order valence-corrected chi connectivity index (χ4v) is 2.73. The van der Waals surface area contributed by atoms with Crippen molar-refractivity contribution in [2.24, 2.45) is 0 Å². The Morgan fingerprint density at radius 1 is 1.33 bits per heavy atom. The average molecular weight is 314 g/mol. The molecule has 1 aromatic rings. The molecule has 0 amide bonds. The number of halogens is 1. The number of nitrogens with zero attached hydrogens (tertiary/aromatic N) is 2. The van der Waals surface area contributed by atoms with Crippen LogP contribution in [0.4, 0.5) is 5.82 Å². The van der Waals surface area contributed by atoms with E-state index in [1.807, 2.05) is 12.3 Å². The van der Waals surface area contributed by atoms with Crippen molar-refractivity contribution in [2.45, 2.75) is 46.2 Å². The minimum absolute atomic E-state index is 0.435. The fraction of sp³-hybridized carbons (Fsp3) is 0.688. The van der Waals surface area contributed by atoms with Gasteiger partial charge in [0.25, 0.3) is 0 Å². The number of methoxy groups -OCH3 is 1. The molecule has 0 saturated carbocycles. The van der Waals surface area contributed by atoms with E-state index < -0.39 is 0 Å². The van der Waals surface area contributed by atoms with Gasteiger partial charge in [-0.05, 0) is 31.0 Å². The first-order valence-corrected chi connectivity index (χ1v) is 8.16. The number of rotatable bonds is 10. The van der Waals surface area contributed by atoms with Crippen LogP contribution in [0.3, 0.4) is 0 Å². The van der Waals surface area contributed by atoms with Gasteiger partial charge in [-0.25, -0.2) is 4.98 Å². The summed E-state index contributed by atoms with van der Waals surface area (Å²) in [5.74, 6) is 0.864. The predicted octanol–water partition coefficient (Wildman–Crippen LogP) is 3.49. The largest absolute Gasteiger partial charge is 0.383 e. The van der Waals surface area contributed by atoms with Crippen molar-refractivity contribution >= 4 is 17.4 Å². The molecule has 0 bridgehead atoms. The molecule has 5 heteroatoms. The topological polar surface area (TPSA) is 37.4 Å². The van der Waals surface area contributed by atoms with Crippen molar-refractivity contribution in [2.75, 3.05) is 31.7 Å². The highest BCUT2D eigenvalue weighted by Crippen LogP contribution is 2.27. The summed E-state index contributed by atoms with van der Waals surface area (Å²) in [4.78, 5) is 6.87. The SMILES string of the molecule is CCNCc1cnc(N(CCOC)C(CC)CC)c(Cl)c1. The van der Waals surface area contributed by atoms with Crippen molar-refractivity contribution in [3.63, 3.8) is 0 Å². The normalized spacial score (nSPS) is 11.1. The zero-order chi connectivity index (χ0) is 15.7. The molecular formula is C16H28ClN3O. The van der Waals surface area contributed by atoms with E-state index in [1.54, 1.807) is 7.11 Å². The second-order valence-corrected chi connectivity index (χ2v) is 5.49. The smallest absolute Gasteiger partial charge is 0.147 e. The molecule has 0 fully saturated rings.